The van der Waals surface area contributed by atoms with Crippen LogP contribution in [0.25, 0.3) is 10.8 Å². The largest absolute Gasteiger partial charge is 0.505 e. The zero-order valence-electron chi connectivity index (χ0n) is 32.8. The lowest BCUT2D eigenvalue weighted by Crippen LogP contribution is -1.99. The summed E-state index contributed by atoms with van der Waals surface area (Å²) in [6, 6.07) is 23.4. The molecule has 0 heterocycles. The van der Waals surface area contributed by atoms with Crippen molar-refractivity contribution in [2.45, 2.75) is 23.6 Å². The molecule has 18 nitrogen and oxygen atoms in total. The van der Waals surface area contributed by atoms with Gasteiger partial charge < -0.3 is 29.4 Å². The van der Waals surface area contributed by atoms with Crippen LogP contribution in [-0.2, 0) is 20.2 Å². The number of rotatable bonds is 14. The third-order valence-electron chi connectivity index (χ3n) is 8.94. The molecule has 0 aliphatic carbocycles. The molecule has 6 aromatic carbocycles. The fourth-order valence-corrected chi connectivity index (χ4v) is 7.11. The van der Waals surface area contributed by atoms with Gasteiger partial charge in [0, 0.05) is 35.0 Å². The van der Waals surface area contributed by atoms with Gasteiger partial charge in [-0.2, -0.15) is 27.1 Å². The van der Waals surface area contributed by atoms with Gasteiger partial charge in [-0.15, -0.1) is 20.5 Å². The minimum absolute atomic E-state index is 0.117. The van der Waals surface area contributed by atoms with Crippen LogP contribution in [0.2, 0.25) is 0 Å². The highest BCUT2D eigenvalue weighted by molar-refractivity contribution is 7.86. The molecule has 310 valence electrons. The number of hydrogen-bond donors (Lipinski definition) is 4. The van der Waals surface area contributed by atoms with Crippen molar-refractivity contribution >= 4 is 76.5 Å². The predicted molar refractivity (Wildman–Crippen MR) is 223 cm³/mol. The number of phenolic OH excluding ortho intramolecular Hbond substituents is 1. The molecule has 0 fully saturated rings. The summed E-state index contributed by atoms with van der Waals surface area (Å²) in [4.78, 5) is -1.15. The molecule has 0 radical (unpaired) electrons. The second kappa shape index (κ2) is 17.5. The van der Waals surface area contributed by atoms with E-state index < -0.39 is 41.5 Å². The van der Waals surface area contributed by atoms with E-state index in [0.717, 1.165) is 11.8 Å². The molecule has 0 saturated heterocycles. The lowest BCUT2D eigenvalue weighted by Gasteiger charge is -2.12. The first-order valence-corrected chi connectivity index (χ1v) is 20.4. The maximum atomic E-state index is 12.6. The van der Waals surface area contributed by atoms with Crippen LogP contribution in [0.15, 0.2) is 131 Å². The summed E-state index contributed by atoms with van der Waals surface area (Å²) in [6.07, 6.45) is 0. The first-order valence-electron chi connectivity index (χ1n) is 17.5. The summed E-state index contributed by atoms with van der Waals surface area (Å²) < 4.78 is 90.2. The Labute approximate surface area is 344 Å². The van der Waals surface area contributed by atoms with E-state index in [0.29, 0.717) is 45.0 Å². The first kappa shape index (κ1) is 42.6. The van der Waals surface area contributed by atoms with Gasteiger partial charge in [-0.3, -0.25) is 9.11 Å². The third kappa shape index (κ3) is 9.48. The van der Waals surface area contributed by atoms with Gasteiger partial charge in [-0.25, -0.2) is 0 Å². The van der Waals surface area contributed by atoms with Gasteiger partial charge in [0.1, 0.15) is 55.5 Å². The second-order valence-electron chi connectivity index (χ2n) is 12.9. The molecule has 0 aliphatic rings. The number of phenols is 1. The van der Waals surface area contributed by atoms with Crippen LogP contribution in [0.4, 0.5) is 45.5 Å². The lowest BCUT2D eigenvalue weighted by molar-refractivity contribution is 0.412. The Morgan fingerprint density at radius 2 is 1.00 bits per heavy atom. The second-order valence-corrected chi connectivity index (χ2v) is 15.6. The van der Waals surface area contributed by atoms with Gasteiger partial charge in [-0.05, 0) is 103 Å². The van der Waals surface area contributed by atoms with Crippen molar-refractivity contribution in [3.8, 4) is 28.7 Å². The maximum absolute atomic E-state index is 12.6. The maximum Gasteiger partial charge on any atom is 0.296 e. The van der Waals surface area contributed by atoms with Gasteiger partial charge in [-0.1, -0.05) is 0 Å². The minimum Gasteiger partial charge on any atom is -0.505 e. The molecule has 0 amide bonds. The fourth-order valence-electron chi connectivity index (χ4n) is 5.82. The molecule has 60 heavy (non-hydrogen) atoms. The first-order chi connectivity index (χ1) is 28.5. The number of fused-ring (bicyclic) bond motifs is 1. The lowest BCUT2D eigenvalue weighted by atomic mass is 10.1. The standard InChI is InChI=1S/C40H37N7O11S2/c1-22-15-33(35(57-5)20-31(22)43-42-30-14-12-28(56-4)19-37(30)59(49,50)51)45-44-32-21-36(58-6)34(16-23(32)2)46-47-39-38(60(52,53)54)18-24-17-26(9-13-29(24)40(39)48)41-25-7-10-27(55-3)11-8-25/h7-21,41,48H,1-6H3,(H,49,50,51)(H,52,53,54). The van der Waals surface area contributed by atoms with Crippen LogP contribution in [-0.4, -0.2) is 59.5 Å². The Hall–Kier alpha value is -7.00. The molecule has 0 aliphatic heterocycles. The summed E-state index contributed by atoms with van der Waals surface area (Å²) in [6.45, 7) is 3.44. The zero-order chi connectivity index (χ0) is 43.4. The number of benzene rings is 6. The summed E-state index contributed by atoms with van der Waals surface area (Å²) in [7, 11) is -3.83. The number of methoxy groups -OCH3 is 4. The molecule has 0 saturated carbocycles. The number of nitrogens with one attached hydrogen (secondary N) is 1. The SMILES string of the molecule is COc1ccc(Nc2ccc3c(O)c(N=Nc4cc(C)c(N=Nc5cc(C)c(N=Nc6ccc(OC)cc6S(=O)(=O)O)cc5OC)cc4OC)c(S(=O)(=O)O)cc3c2)cc1. The molecule has 20 heteroatoms. The molecule has 6 aromatic rings. The van der Waals surface area contributed by atoms with Crippen LogP contribution in [0.1, 0.15) is 11.1 Å². The van der Waals surface area contributed by atoms with Crippen molar-refractivity contribution in [3.05, 3.63) is 102 Å². The summed E-state index contributed by atoms with van der Waals surface area (Å²) in [5.74, 6) is 0.772. The van der Waals surface area contributed by atoms with Crippen molar-refractivity contribution < 1.29 is 50.0 Å². The highest BCUT2D eigenvalue weighted by atomic mass is 32.2. The minimum atomic E-state index is -4.90. The Morgan fingerprint density at radius 1 is 0.500 bits per heavy atom. The number of nitrogens with zero attached hydrogens (tertiary/aromatic N) is 6. The van der Waals surface area contributed by atoms with Crippen LogP contribution in [0, 0.1) is 13.8 Å². The monoisotopic (exact) mass is 855 g/mol. The van der Waals surface area contributed by atoms with E-state index in [1.165, 1.54) is 51.7 Å². The number of anilines is 2. The summed E-state index contributed by atoms with van der Waals surface area (Å²) in [5, 5.41) is 40.2. The molecule has 0 aromatic heterocycles. The van der Waals surface area contributed by atoms with Gasteiger partial charge in [0.2, 0.25) is 0 Å². The zero-order valence-corrected chi connectivity index (χ0v) is 34.4. The van der Waals surface area contributed by atoms with Crippen molar-refractivity contribution in [2.75, 3.05) is 33.8 Å². The molecule has 0 unspecified atom stereocenters. The van der Waals surface area contributed by atoms with Crippen LogP contribution >= 0.6 is 0 Å². The molecular formula is C40H37N7O11S2. The molecule has 6 rings (SSSR count). The predicted octanol–water partition coefficient (Wildman–Crippen LogP) is 10.7. The average molecular weight is 856 g/mol. The average Bonchev–Trinajstić information content (AvgIpc) is 3.22. The highest BCUT2D eigenvalue weighted by Gasteiger charge is 2.23. The van der Waals surface area contributed by atoms with E-state index in [-0.39, 0.29) is 34.0 Å². The van der Waals surface area contributed by atoms with E-state index in [2.05, 4.69) is 36.0 Å². The van der Waals surface area contributed by atoms with Gasteiger partial charge >= 0.3 is 0 Å². The highest BCUT2D eigenvalue weighted by Crippen LogP contribution is 2.44. The number of azo groups is 3. The fraction of sp³-hybridized carbons (Fsp3) is 0.150. The Bertz CT molecular complexity index is 2940. The molecular weight excluding hydrogens is 819 g/mol. The number of aromatic hydroxyl groups is 1. The van der Waals surface area contributed by atoms with Crippen LogP contribution < -0.4 is 24.3 Å². The summed E-state index contributed by atoms with van der Waals surface area (Å²) >= 11 is 0. The molecule has 4 N–H and O–H groups in total. The Kier molecular flexibility index (Phi) is 12.4. The van der Waals surface area contributed by atoms with Crippen molar-refractivity contribution in [3.63, 3.8) is 0 Å². The number of ether oxygens (including phenoxy) is 4. The quantitative estimate of drug-likeness (QED) is 0.0589. The Morgan fingerprint density at radius 3 is 1.53 bits per heavy atom. The van der Waals surface area contributed by atoms with Crippen molar-refractivity contribution in [1.82, 2.24) is 0 Å². The van der Waals surface area contributed by atoms with Crippen LogP contribution in [0.5, 0.6) is 28.7 Å². The van der Waals surface area contributed by atoms with Crippen LogP contribution in [0.3, 0.4) is 0 Å². The van der Waals surface area contributed by atoms with E-state index in [4.69, 9.17) is 18.9 Å². The van der Waals surface area contributed by atoms with E-state index >= 15 is 0 Å². The van der Waals surface area contributed by atoms with Gasteiger partial charge in [0.15, 0.2) is 5.75 Å². The summed E-state index contributed by atoms with van der Waals surface area (Å²) in [5.41, 5.74) is 2.97. The molecule has 0 atom stereocenters. The number of aryl methyl sites for hydroxylation is 2. The van der Waals surface area contributed by atoms with E-state index in [9.17, 15) is 31.0 Å². The van der Waals surface area contributed by atoms with E-state index in [1.807, 2.05) is 0 Å². The van der Waals surface area contributed by atoms with Crippen molar-refractivity contribution in [1.29, 1.82) is 0 Å². The van der Waals surface area contributed by atoms with E-state index in [1.54, 1.807) is 75.6 Å². The molecule has 0 spiro atoms. The smallest absolute Gasteiger partial charge is 0.296 e. The van der Waals surface area contributed by atoms with Crippen molar-refractivity contribution in [2.24, 2.45) is 30.7 Å². The number of hydrogen-bond acceptors (Lipinski definition) is 16. The topological polar surface area (TPSA) is 252 Å². The van der Waals surface area contributed by atoms with Gasteiger partial charge in [0.05, 0.1) is 39.8 Å². The van der Waals surface area contributed by atoms with Gasteiger partial charge in [0.25, 0.3) is 20.2 Å². The Balaban J connectivity index is 1.28. The third-order valence-corrected chi connectivity index (χ3v) is 10.7. The normalized spacial score (nSPS) is 12.1. The molecule has 0 bridgehead atoms.